The molecule has 1 saturated heterocycles. The maximum Gasteiger partial charge on any atom is 0.163 e. The number of hydrogen-bond donors (Lipinski definition) is 0. The second kappa shape index (κ2) is 7.40. The highest BCUT2D eigenvalue weighted by molar-refractivity contribution is 7.14. The van der Waals surface area contributed by atoms with E-state index in [1.165, 1.54) is 0 Å². The zero-order chi connectivity index (χ0) is 19.8. The molecular formula is C20H21N7OS. The monoisotopic (exact) mass is 407 g/mol. The summed E-state index contributed by atoms with van der Waals surface area (Å²) in [4.78, 5) is 11.2. The van der Waals surface area contributed by atoms with Crippen molar-refractivity contribution in [1.29, 1.82) is 0 Å². The van der Waals surface area contributed by atoms with Crippen LogP contribution in [-0.4, -0.2) is 50.1 Å². The average Bonchev–Trinajstić information content (AvgIpc) is 3.41. The Labute approximate surface area is 172 Å². The molecule has 1 aromatic carbocycles. The van der Waals surface area contributed by atoms with E-state index in [0.29, 0.717) is 5.92 Å². The predicted octanol–water partition coefficient (Wildman–Crippen LogP) is 3.27. The average molecular weight is 408 g/mol. The highest BCUT2D eigenvalue weighted by Gasteiger charge is 2.26. The topological polar surface area (TPSA) is 81.8 Å². The van der Waals surface area contributed by atoms with Crippen molar-refractivity contribution in [2.45, 2.75) is 18.8 Å². The molecule has 0 radical (unpaired) electrons. The van der Waals surface area contributed by atoms with Gasteiger partial charge < -0.3 is 9.64 Å². The van der Waals surface area contributed by atoms with Crippen LogP contribution in [0, 0.1) is 0 Å². The molecule has 0 amide bonds. The van der Waals surface area contributed by atoms with Crippen molar-refractivity contribution in [3.8, 4) is 16.3 Å². The number of benzene rings is 1. The summed E-state index contributed by atoms with van der Waals surface area (Å²) in [5.74, 6) is 2.21. The Balaban J connectivity index is 1.33. The van der Waals surface area contributed by atoms with Crippen LogP contribution in [0.2, 0.25) is 0 Å². The van der Waals surface area contributed by atoms with Crippen molar-refractivity contribution in [2.24, 2.45) is 7.05 Å². The van der Waals surface area contributed by atoms with E-state index in [0.717, 1.165) is 64.1 Å². The van der Waals surface area contributed by atoms with E-state index >= 15 is 0 Å². The fourth-order valence-electron chi connectivity index (χ4n) is 3.87. The lowest BCUT2D eigenvalue weighted by molar-refractivity contribution is 0.416. The molecule has 0 N–H and O–H groups in total. The lowest BCUT2D eigenvalue weighted by Gasteiger charge is -2.31. The fourth-order valence-corrected chi connectivity index (χ4v) is 4.91. The number of rotatable bonds is 4. The van der Waals surface area contributed by atoms with Crippen LogP contribution in [0.4, 0.5) is 5.82 Å². The number of para-hydroxylation sites is 1. The highest BCUT2D eigenvalue weighted by Crippen LogP contribution is 2.37. The highest BCUT2D eigenvalue weighted by atomic mass is 32.1. The Hall–Kier alpha value is -3.07. The molecule has 4 heterocycles. The number of hydrogen-bond acceptors (Lipinski definition) is 8. The molecule has 0 saturated carbocycles. The number of aromatic nitrogens is 6. The van der Waals surface area contributed by atoms with Gasteiger partial charge in [0.2, 0.25) is 0 Å². The molecule has 4 aromatic rings. The van der Waals surface area contributed by atoms with Gasteiger partial charge in [0.1, 0.15) is 22.9 Å². The third-order valence-corrected chi connectivity index (χ3v) is 6.55. The van der Waals surface area contributed by atoms with Crippen molar-refractivity contribution in [3.63, 3.8) is 0 Å². The van der Waals surface area contributed by atoms with Crippen LogP contribution in [0.1, 0.15) is 23.8 Å². The minimum Gasteiger partial charge on any atom is -0.496 e. The van der Waals surface area contributed by atoms with Crippen molar-refractivity contribution in [1.82, 2.24) is 29.9 Å². The van der Waals surface area contributed by atoms with Gasteiger partial charge in [-0.15, -0.1) is 10.2 Å². The maximum atomic E-state index is 5.47. The minimum atomic E-state index is 0.415. The summed E-state index contributed by atoms with van der Waals surface area (Å²) in [5.41, 5.74) is 1.86. The number of fused-ring (bicyclic) bond motifs is 1. The van der Waals surface area contributed by atoms with Crippen molar-refractivity contribution < 1.29 is 4.74 Å². The summed E-state index contributed by atoms with van der Waals surface area (Å²) in [6.07, 6.45) is 5.51. The molecule has 29 heavy (non-hydrogen) atoms. The quantitative estimate of drug-likeness (QED) is 0.513. The molecule has 1 aliphatic rings. The Morgan fingerprint density at radius 2 is 1.93 bits per heavy atom. The zero-order valence-electron chi connectivity index (χ0n) is 16.3. The van der Waals surface area contributed by atoms with Crippen LogP contribution in [-0.2, 0) is 7.05 Å². The second-order valence-corrected chi connectivity index (χ2v) is 8.12. The molecule has 1 aliphatic heterocycles. The number of ether oxygens (including phenoxy) is 1. The molecule has 1 fully saturated rings. The van der Waals surface area contributed by atoms with E-state index in [4.69, 9.17) is 4.74 Å². The van der Waals surface area contributed by atoms with Crippen molar-refractivity contribution in [3.05, 3.63) is 41.8 Å². The van der Waals surface area contributed by atoms with Crippen LogP contribution in [0.15, 0.2) is 36.8 Å². The standard InChI is InChI=1S/C20H21N7OS/c1-26-17-15(11-23-26)18(22-12-21-17)27-9-7-13(8-10-27)19-24-25-20(29-19)14-5-3-4-6-16(14)28-2/h3-6,11-13H,7-10H2,1-2H3. The molecule has 0 atom stereocenters. The predicted molar refractivity (Wildman–Crippen MR) is 112 cm³/mol. The third-order valence-electron chi connectivity index (χ3n) is 5.43. The normalized spacial score (nSPS) is 15.2. The lowest BCUT2D eigenvalue weighted by atomic mass is 9.97. The minimum absolute atomic E-state index is 0.415. The Morgan fingerprint density at radius 1 is 1.10 bits per heavy atom. The van der Waals surface area contributed by atoms with Crippen LogP contribution in [0.3, 0.4) is 0 Å². The first-order valence-corrected chi connectivity index (χ1v) is 10.4. The Kier molecular flexibility index (Phi) is 4.59. The summed E-state index contributed by atoms with van der Waals surface area (Å²) in [6.45, 7) is 1.85. The number of methoxy groups -OCH3 is 1. The van der Waals surface area contributed by atoms with E-state index in [2.05, 4.69) is 30.2 Å². The molecular weight excluding hydrogens is 386 g/mol. The van der Waals surface area contributed by atoms with Crippen LogP contribution >= 0.6 is 11.3 Å². The first-order valence-electron chi connectivity index (χ1n) is 9.59. The fraction of sp³-hybridized carbons (Fsp3) is 0.350. The summed E-state index contributed by atoms with van der Waals surface area (Å²) in [5, 5.41) is 16.3. The second-order valence-electron chi connectivity index (χ2n) is 7.11. The van der Waals surface area contributed by atoms with E-state index in [1.54, 1.807) is 29.5 Å². The van der Waals surface area contributed by atoms with Crippen LogP contribution in [0.25, 0.3) is 21.6 Å². The van der Waals surface area contributed by atoms with Gasteiger partial charge in [0.15, 0.2) is 10.7 Å². The molecule has 0 unspecified atom stereocenters. The summed E-state index contributed by atoms with van der Waals surface area (Å²) >= 11 is 1.67. The lowest BCUT2D eigenvalue weighted by Crippen LogP contribution is -2.33. The van der Waals surface area contributed by atoms with Crippen molar-refractivity contribution in [2.75, 3.05) is 25.1 Å². The molecule has 0 bridgehead atoms. The van der Waals surface area contributed by atoms with Crippen molar-refractivity contribution >= 4 is 28.2 Å². The molecule has 148 valence electrons. The van der Waals surface area contributed by atoms with E-state index < -0.39 is 0 Å². The number of anilines is 1. The van der Waals surface area contributed by atoms with Gasteiger partial charge in [-0.2, -0.15) is 5.10 Å². The van der Waals surface area contributed by atoms with Gasteiger partial charge in [-0.3, -0.25) is 4.68 Å². The van der Waals surface area contributed by atoms with Gasteiger partial charge in [-0.25, -0.2) is 9.97 Å². The third kappa shape index (κ3) is 3.21. The zero-order valence-corrected chi connectivity index (χ0v) is 17.1. The number of nitrogens with zero attached hydrogens (tertiary/aromatic N) is 7. The number of aryl methyl sites for hydroxylation is 1. The molecule has 0 aliphatic carbocycles. The number of piperidine rings is 1. The first-order chi connectivity index (χ1) is 14.2. The smallest absolute Gasteiger partial charge is 0.163 e. The molecule has 5 rings (SSSR count). The van der Waals surface area contributed by atoms with Gasteiger partial charge in [0.05, 0.1) is 24.3 Å². The van der Waals surface area contributed by atoms with E-state index in [-0.39, 0.29) is 0 Å². The maximum absolute atomic E-state index is 5.47. The van der Waals surface area contributed by atoms with Crippen LogP contribution in [0.5, 0.6) is 5.75 Å². The summed E-state index contributed by atoms with van der Waals surface area (Å²) in [7, 11) is 3.59. The molecule has 3 aromatic heterocycles. The molecule has 0 spiro atoms. The van der Waals surface area contributed by atoms with Gasteiger partial charge >= 0.3 is 0 Å². The SMILES string of the molecule is COc1ccccc1-c1nnc(C2CCN(c3ncnc4c3cnn4C)CC2)s1. The van der Waals surface area contributed by atoms with Gasteiger partial charge in [-0.05, 0) is 25.0 Å². The van der Waals surface area contributed by atoms with Gasteiger partial charge in [0.25, 0.3) is 0 Å². The van der Waals surface area contributed by atoms with E-state index in [9.17, 15) is 0 Å². The Bertz CT molecular complexity index is 1150. The largest absolute Gasteiger partial charge is 0.496 e. The van der Waals surface area contributed by atoms with E-state index in [1.807, 2.05) is 37.5 Å². The molecule has 8 nitrogen and oxygen atoms in total. The first kappa shape index (κ1) is 18.0. The Morgan fingerprint density at radius 3 is 2.76 bits per heavy atom. The van der Waals surface area contributed by atoms with Crippen LogP contribution < -0.4 is 9.64 Å². The summed E-state index contributed by atoms with van der Waals surface area (Å²) < 4.78 is 7.25. The van der Waals surface area contributed by atoms with Gasteiger partial charge in [0, 0.05) is 26.1 Å². The molecule has 9 heteroatoms. The van der Waals surface area contributed by atoms with Gasteiger partial charge in [-0.1, -0.05) is 23.5 Å². The summed E-state index contributed by atoms with van der Waals surface area (Å²) in [6, 6.07) is 7.94.